The molecule has 0 aliphatic heterocycles. The number of benzene rings is 2. The third-order valence-electron chi connectivity index (χ3n) is 4.32. The second kappa shape index (κ2) is 7.95. The number of carbonyl (C=O) groups is 2. The van der Waals surface area contributed by atoms with Crippen LogP contribution in [0.1, 0.15) is 46.0 Å². The Hall–Kier alpha value is -3.28. The van der Waals surface area contributed by atoms with E-state index in [2.05, 4.69) is 26.9 Å². The standard InChI is InChI=1S/C21H21N3O3/c1-4-16-17(5-2)24-19-12-14(8-11-18(19)23-16)20(25)22-15-9-6-13(7-10-15)21(26)27-3/h6-12H,4-5H2,1-3H3,(H,22,25). The van der Waals surface area contributed by atoms with Crippen molar-refractivity contribution < 1.29 is 14.3 Å². The summed E-state index contributed by atoms with van der Waals surface area (Å²) in [5.41, 5.74) is 4.96. The van der Waals surface area contributed by atoms with E-state index in [1.165, 1.54) is 7.11 Å². The number of aromatic nitrogens is 2. The Balaban J connectivity index is 1.84. The molecule has 0 fully saturated rings. The summed E-state index contributed by atoms with van der Waals surface area (Å²) in [6, 6.07) is 11.8. The zero-order valence-corrected chi connectivity index (χ0v) is 15.6. The van der Waals surface area contributed by atoms with Crippen molar-refractivity contribution in [1.29, 1.82) is 0 Å². The van der Waals surface area contributed by atoms with Crippen LogP contribution in [-0.2, 0) is 17.6 Å². The number of amides is 1. The molecule has 1 heterocycles. The normalized spacial score (nSPS) is 10.6. The number of hydrogen-bond acceptors (Lipinski definition) is 5. The van der Waals surface area contributed by atoms with Crippen molar-refractivity contribution in [1.82, 2.24) is 9.97 Å². The molecule has 6 heteroatoms. The molecular weight excluding hydrogens is 342 g/mol. The Morgan fingerprint density at radius 2 is 1.48 bits per heavy atom. The van der Waals surface area contributed by atoms with E-state index in [-0.39, 0.29) is 5.91 Å². The number of rotatable bonds is 5. The topological polar surface area (TPSA) is 81.2 Å². The molecule has 3 rings (SSSR count). The third kappa shape index (κ3) is 3.95. The van der Waals surface area contributed by atoms with Gasteiger partial charge in [0.15, 0.2) is 0 Å². The van der Waals surface area contributed by atoms with Crippen LogP contribution in [0.2, 0.25) is 0 Å². The van der Waals surface area contributed by atoms with E-state index in [1.807, 2.05) is 13.0 Å². The van der Waals surface area contributed by atoms with E-state index in [9.17, 15) is 9.59 Å². The van der Waals surface area contributed by atoms with E-state index in [0.29, 0.717) is 22.3 Å². The second-order valence-electron chi connectivity index (χ2n) is 6.05. The fraction of sp³-hybridized carbons (Fsp3) is 0.238. The first kappa shape index (κ1) is 18.5. The molecule has 27 heavy (non-hydrogen) atoms. The molecule has 0 saturated carbocycles. The molecule has 0 bridgehead atoms. The fourth-order valence-electron chi connectivity index (χ4n) is 2.85. The van der Waals surface area contributed by atoms with Gasteiger partial charge < -0.3 is 10.1 Å². The highest BCUT2D eigenvalue weighted by Crippen LogP contribution is 2.18. The molecule has 0 aliphatic carbocycles. The molecular formula is C21H21N3O3. The van der Waals surface area contributed by atoms with Crippen LogP contribution in [0, 0.1) is 0 Å². The highest BCUT2D eigenvalue weighted by atomic mass is 16.5. The van der Waals surface area contributed by atoms with Gasteiger partial charge in [-0.1, -0.05) is 13.8 Å². The Morgan fingerprint density at radius 3 is 2.07 bits per heavy atom. The summed E-state index contributed by atoms with van der Waals surface area (Å²) in [5.74, 6) is -0.665. The van der Waals surface area contributed by atoms with Crippen molar-refractivity contribution in [2.45, 2.75) is 26.7 Å². The summed E-state index contributed by atoms with van der Waals surface area (Å²) in [6.45, 7) is 4.10. The van der Waals surface area contributed by atoms with Gasteiger partial charge >= 0.3 is 5.97 Å². The number of aryl methyl sites for hydroxylation is 2. The lowest BCUT2D eigenvalue weighted by molar-refractivity contribution is 0.0600. The van der Waals surface area contributed by atoms with Crippen LogP contribution in [0.3, 0.4) is 0 Å². The van der Waals surface area contributed by atoms with Crippen molar-refractivity contribution in [2.75, 3.05) is 12.4 Å². The van der Waals surface area contributed by atoms with E-state index in [0.717, 1.165) is 29.7 Å². The monoisotopic (exact) mass is 363 g/mol. The van der Waals surface area contributed by atoms with Crippen molar-refractivity contribution in [3.05, 3.63) is 65.0 Å². The van der Waals surface area contributed by atoms with E-state index < -0.39 is 5.97 Å². The van der Waals surface area contributed by atoms with Gasteiger partial charge in [-0.2, -0.15) is 0 Å². The Morgan fingerprint density at radius 1 is 0.889 bits per heavy atom. The van der Waals surface area contributed by atoms with Crippen LogP contribution in [0.15, 0.2) is 42.5 Å². The van der Waals surface area contributed by atoms with Crippen LogP contribution in [0.4, 0.5) is 5.69 Å². The summed E-state index contributed by atoms with van der Waals surface area (Å²) in [6.07, 6.45) is 1.63. The van der Waals surface area contributed by atoms with Gasteiger partial charge in [-0.15, -0.1) is 0 Å². The SMILES string of the molecule is CCc1nc2ccc(C(=O)Nc3ccc(C(=O)OC)cc3)cc2nc1CC. The molecule has 6 nitrogen and oxygen atoms in total. The number of carbonyl (C=O) groups excluding carboxylic acids is 2. The number of fused-ring (bicyclic) bond motifs is 1. The highest BCUT2D eigenvalue weighted by molar-refractivity contribution is 6.06. The summed E-state index contributed by atoms with van der Waals surface area (Å²) in [7, 11) is 1.33. The highest BCUT2D eigenvalue weighted by Gasteiger charge is 2.11. The minimum atomic E-state index is -0.417. The molecule has 1 amide bonds. The zero-order chi connectivity index (χ0) is 19.4. The number of anilines is 1. The maximum Gasteiger partial charge on any atom is 0.337 e. The number of nitrogens with one attached hydrogen (secondary N) is 1. The van der Waals surface area contributed by atoms with Crippen molar-refractivity contribution in [3.8, 4) is 0 Å². The number of hydrogen-bond donors (Lipinski definition) is 1. The first-order valence-electron chi connectivity index (χ1n) is 8.85. The third-order valence-corrected chi connectivity index (χ3v) is 4.32. The van der Waals surface area contributed by atoms with Crippen LogP contribution >= 0.6 is 0 Å². The van der Waals surface area contributed by atoms with Crippen LogP contribution in [-0.4, -0.2) is 29.0 Å². The number of nitrogens with zero attached hydrogens (tertiary/aromatic N) is 2. The first-order valence-corrected chi connectivity index (χ1v) is 8.85. The molecule has 0 saturated heterocycles. The summed E-state index contributed by atoms with van der Waals surface area (Å²) >= 11 is 0. The quantitative estimate of drug-likeness (QED) is 0.698. The average molecular weight is 363 g/mol. The van der Waals surface area contributed by atoms with E-state index in [4.69, 9.17) is 0 Å². The van der Waals surface area contributed by atoms with Crippen LogP contribution < -0.4 is 5.32 Å². The summed E-state index contributed by atoms with van der Waals surface area (Å²) < 4.78 is 4.66. The smallest absolute Gasteiger partial charge is 0.337 e. The number of ether oxygens (including phenoxy) is 1. The lowest BCUT2D eigenvalue weighted by Crippen LogP contribution is -2.12. The van der Waals surface area contributed by atoms with Crippen molar-refractivity contribution in [3.63, 3.8) is 0 Å². The molecule has 0 atom stereocenters. The molecule has 0 spiro atoms. The predicted molar refractivity (Wildman–Crippen MR) is 104 cm³/mol. The van der Waals surface area contributed by atoms with Gasteiger partial charge in [0.25, 0.3) is 5.91 Å². The Kier molecular flexibility index (Phi) is 5.45. The van der Waals surface area contributed by atoms with Gasteiger partial charge in [0.2, 0.25) is 0 Å². The molecule has 2 aromatic carbocycles. The van der Waals surface area contributed by atoms with Gasteiger partial charge in [-0.3, -0.25) is 4.79 Å². The van der Waals surface area contributed by atoms with E-state index in [1.54, 1.807) is 36.4 Å². The van der Waals surface area contributed by atoms with Gasteiger partial charge in [0.05, 0.1) is 35.1 Å². The van der Waals surface area contributed by atoms with Crippen molar-refractivity contribution >= 4 is 28.6 Å². The van der Waals surface area contributed by atoms with Gasteiger partial charge in [0, 0.05) is 11.3 Å². The lowest BCUT2D eigenvalue weighted by Gasteiger charge is -2.09. The largest absolute Gasteiger partial charge is 0.465 e. The molecule has 138 valence electrons. The molecule has 0 unspecified atom stereocenters. The van der Waals surface area contributed by atoms with Gasteiger partial charge in [-0.25, -0.2) is 14.8 Å². The zero-order valence-electron chi connectivity index (χ0n) is 15.6. The average Bonchev–Trinajstić information content (AvgIpc) is 2.72. The number of esters is 1. The maximum absolute atomic E-state index is 12.6. The first-order chi connectivity index (χ1) is 13.0. The van der Waals surface area contributed by atoms with Gasteiger partial charge in [-0.05, 0) is 55.3 Å². The molecule has 1 aromatic heterocycles. The number of methoxy groups -OCH3 is 1. The van der Waals surface area contributed by atoms with Gasteiger partial charge in [0.1, 0.15) is 0 Å². The minimum absolute atomic E-state index is 0.248. The summed E-state index contributed by atoms with van der Waals surface area (Å²) in [5, 5.41) is 2.82. The molecule has 1 N–H and O–H groups in total. The van der Waals surface area contributed by atoms with Crippen molar-refractivity contribution in [2.24, 2.45) is 0 Å². The van der Waals surface area contributed by atoms with Crippen LogP contribution in [0.5, 0.6) is 0 Å². The molecule has 3 aromatic rings. The Bertz CT molecular complexity index is 997. The summed E-state index contributed by atoms with van der Waals surface area (Å²) in [4.78, 5) is 33.3. The molecule has 0 aliphatic rings. The van der Waals surface area contributed by atoms with Crippen LogP contribution in [0.25, 0.3) is 11.0 Å². The minimum Gasteiger partial charge on any atom is -0.465 e. The molecule has 0 radical (unpaired) electrons. The van der Waals surface area contributed by atoms with E-state index >= 15 is 0 Å². The second-order valence-corrected chi connectivity index (χ2v) is 6.05. The predicted octanol–water partition coefficient (Wildman–Crippen LogP) is 3.79. The Labute approximate surface area is 157 Å². The fourth-order valence-corrected chi connectivity index (χ4v) is 2.85. The maximum atomic E-state index is 12.6. The lowest BCUT2D eigenvalue weighted by atomic mass is 10.1.